The lowest BCUT2D eigenvalue weighted by molar-refractivity contribution is 0.217. The van der Waals surface area contributed by atoms with Crippen LogP contribution in [0.25, 0.3) is 10.9 Å². The zero-order valence-electron chi connectivity index (χ0n) is 10.8. The number of hydrogen-bond donors (Lipinski definition) is 0. The Hall–Kier alpha value is -2.08. The molecule has 96 valence electrons. The monoisotopic (exact) mass is 252 g/mol. The molecule has 3 rings (SSSR count). The molecule has 1 fully saturated rings. The first-order valence-electron chi connectivity index (χ1n) is 6.79. The maximum atomic E-state index is 9.19. The molecule has 3 heteroatoms. The highest BCUT2D eigenvalue weighted by atomic mass is 16.5. The normalized spacial score (nSPS) is 14.9. The number of rotatable bonds is 4. The van der Waals surface area contributed by atoms with Crippen molar-refractivity contribution in [3.05, 3.63) is 35.9 Å². The first kappa shape index (κ1) is 12.0. The molecule has 0 spiro atoms. The number of fused-ring (bicyclic) bond motifs is 1. The van der Waals surface area contributed by atoms with Crippen LogP contribution in [0, 0.1) is 17.2 Å². The SMILES string of the molecule is N#Cc1cc(OCCC2CCC2)nc2ccccc12. The number of pyridine rings is 1. The maximum absolute atomic E-state index is 9.19. The second kappa shape index (κ2) is 5.27. The fourth-order valence-corrected chi connectivity index (χ4v) is 2.43. The Morgan fingerprint density at radius 2 is 2.16 bits per heavy atom. The third-order valence-electron chi connectivity index (χ3n) is 3.81. The van der Waals surface area contributed by atoms with E-state index in [9.17, 15) is 5.26 Å². The van der Waals surface area contributed by atoms with E-state index in [0.717, 1.165) is 23.2 Å². The molecule has 0 unspecified atom stereocenters. The number of nitrogens with zero attached hydrogens (tertiary/aromatic N) is 2. The summed E-state index contributed by atoms with van der Waals surface area (Å²) in [7, 11) is 0. The first-order valence-corrected chi connectivity index (χ1v) is 6.79. The van der Waals surface area contributed by atoms with Gasteiger partial charge in [0.05, 0.1) is 17.7 Å². The van der Waals surface area contributed by atoms with Crippen LogP contribution in [0.5, 0.6) is 5.88 Å². The highest BCUT2D eigenvalue weighted by molar-refractivity contribution is 5.85. The number of nitriles is 1. The third-order valence-corrected chi connectivity index (χ3v) is 3.81. The lowest BCUT2D eigenvalue weighted by Gasteiger charge is -2.24. The number of aromatic nitrogens is 1. The molecule has 1 heterocycles. The zero-order valence-corrected chi connectivity index (χ0v) is 10.8. The van der Waals surface area contributed by atoms with Gasteiger partial charge in [-0.05, 0) is 18.4 Å². The van der Waals surface area contributed by atoms with E-state index in [2.05, 4.69) is 11.1 Å². The lowest BCUT2D eigenvalue weighted by Crippen LogP contribution is -2.14. The quantitative estimate of drug-likeness (QED) is 0.834. The Balaban J connectivity index is 1.77. The van der Waals surface area contributed by atoms with Gasteiger partial charge in [0.15, 0.2) is 0 Å². The van der Waals surface area contributed by atoms with Crippen LogP contribution in [0.2, 0.25) is 0 Å². The van der Waals surface area contributed by atoms with Crippen LogP contribution in [0.3, 0.4) is 0 Å². The highest BCUT2D eigenvalue weighted by Gasteiger charge is 2.17. The van der Waals surface area contributed by atoms with E-state index in [-0.39, 0.29) is 0 Å². The van der Waals surface area contributed by atoms with E-state index in [1.54, 1.807) is 6.07 Å². The molecule has 19 heavy (non-hydrogen) atoms. The Labute approximate surface area is 112 Å². The minimum Gasteiger partial charge on any atom is -0.478 e. The molecule has 1 aliphatic rings. The van der Waals surface area contributed by atoms with Crippen LogP contribution in [-0.2, 0) is 0 Å². The number of hydrogen-bond acceptors (Lipinski definition) is 3. The van der Waals surface area contributed by atoms with Crippen molar-refractivity contribution in [2.45, 2.75) is 25.7 Å². The van der Waals surface area contributed by atoms with Crippen molar-refractivity contribution in [3.63, 3.8) is 0 Å². The summed E-state index contributed by atoms with van der Waals surface area (Å²) in [5.74, 6) is 1.39. The number of benzene rings is 1. The molecular formula is C16H16N2O. The molecule has 0 atom stereocenters. The van der Waals surface area contributed by atoms with Gasteiger partial charge in [0.25, 0.3) is 0 Å². The van der Waals surface area contributed by atoms with Gasteiger partial charge in [0.2, 0.25) is 5.88 Å². The lowest BCUT2D eigenvalue weighted by atomic mass is 9.83. The van der Waals surface area contributed by atoms with Crippen LogP contribution in [0.15, 0.2) is 30.3 Å². The van der Waals surface area contributed by atoms with Crippen LogP contribution in [-0.4, -0.2) is 11.6 Å². The van der Waals surface area contributed by atoms with Crippen molar-refractivity contribution in [2.75, 3.05) is 6.61 Å². The molecular weight excluding hydrogens is 236 g/mol. The first-order chi connectivity index (χ1) is 9.36. The molecule has 1 aromatic heterocycles. The van der Waals surface area contributed by atoms with Crippen molar-refractivity contribution in [1.82, 2.24) is 4.98 Å². The molecule has 0 N–H and O–H groups in total. The van der Waals surface area contributed by atoms with Crippen molar-refractivity contribution < 1.29 is 4.74 Å². The van der Waals surface area contributed by atoms with E-state index >= 15 is 0 Å². The van der Waals surface area contributed by atoms with Gasteiger partial charge < -0.3 is 4.74 Å². The Morgan fingerprint density at radius 1 is 1.32 bits per heavy atom. The summed E-state index contributed by atoms with van der Waals surface area (Å²) < 4.78 is 5.70. The van der Waals surface area contributed by atoms with Gasteiger partial charge in [-0.25, -0.2) is 4.98 Å². The number of ether oxygens (including phenoxy) is 1. The zero-order chi connectivity index (χ0) is 13.1. The summed E-state index contributed by atoms with van der Waals surface area (Å²) in [6.07, 6.45) is 5.11. The smallest absolute Gasteiger partial charge is 0.215 e. The fourth-order valence-electron chi connectivity index (χ4n) is 2.43. The van der Waals surface area contributed by atoms with Crippen LogP contribution in [0.1, 0.15) is 31.2 Å². The van der Waals surface area contributed by atoms with Crippen LogP contribution in [0.4, 0.5) is 0 Å². The molecule has 2 aromatic rings. The van der Waals surface area contributed by atoms with Crippen molar-refractivity contribution in [1.29, 1.82) is 5.26 Å². The molecule has 1 saturated carbocycles. The summed E-state index contributed by atoms with van der Waals surface area (Å²) in [5.41, 5.74) is 1.45. The summed E-state index contributed by atoms with van der Waals surface area (Å²) in [4.78, 5) is 4.45. The van der Waals surface area contributed by atoms with Gasteiger partial charge in [0.1, 0.15) is 6.07 Å². The largest absolute Gasteiger partial charge is 0.478 e. The van der Waals surface area contributed by atoms with Crippen molar-refractivity contribution in [3.8, 4) is 11.9 Å². The molecule has 3 nitrogen and oxygen atoms in total. The van der Waals surface area contributed by atoms with Gasteiger partial charge in [-0.2, -0.15) is 5.26 Å². The van der Waals surface area contributed by atoms with Gasteiger partial charge in [0, 0.05) is 11.5 Å². The fraction of sp³-hybridized carbons (Fsp3) is 0.375. The van der Waals surface area contributed by atoms with E-state index in [4.69, 9.17) is 4.74 Å². The second-order valence-corrected chi connectivity index (χ2v) is 5.07. The number of para-hydroxylation sites is 1. The summed E-state index contributed by atoms with van der Waals surface area (Å²) in [5, 5.41) is 10.1. The van der Waals surface area contributed by atoms with E-state index < -0.39 is 0 Å². The van der Waals surface area contributed by atoms with E-state index in [0.29, 0.717) is 18.1 Å². The van der Waals surface area contributed by atoms with Gasteiger partial charge in [-0.3, -0.25) is 0 Å². The average Bonchev–Trinajstić information content (AvgIpc) is 2.40. The van der Waals surface area contributed by atoms with Crippen molar-refractivity contribution >= 4 is 10.9 Å². The topological polar surface area (TPSA) is 45.9 Å². The van der Waals surface area contributed by atoms with E-state index in [1.165, 1.54) is 19.3 Å². The Bertz CT molecular complexity index is 626. The average molecular weight is 252 g/mol. The highest BCUT2D eigenvalue weighted by Crippen LogP contribution is 2.29. The summed E-state index contributed by atoms with van der Waals surface area (Å²) in [6.45, 7) is 0.695. The molecule has 0 saturated heterocycles. The Kier molecular flexibility index (Phi) is 3.33. The van der Waals surface area contributed by atoms with Gasteiger partial charge in [-0.1, -0.05) is 37.5 Å². The molecule has 0 aliphatic heterocycles. The molecule has 0 bridgehead atoms. The molecule has 1 aliphatic carbocycles. The standard InChI is InChI=1S/C16H16N2O/c17-11-13-10-16(19-9-8-12-4-3-5-12)18-15-7-2-1-6-14(13)15/h1-2,6-7,10,12H,3-5,8-9H2. The second-order valence-electron chi connectivity index (χ2n) is 5.07. The van der Waals surface area contributed by atoms with Crippen LogP contribution < -0.4 is 4.74 Å². The maximum Gasteiger partial charge on any atom is 0.215 e. The van der Waals surface area contributed by atoms with Gasteiger partial charge >= 0.3 is 0 Å². The predicted molar refractivity (Wildman–Crippen MR) is 73.9 cm³/mol. The summed E-state index contributed by atoms with van der Waals surface area (Å²) in [6, 6.07) is 11.6. The molecule has 0 amide bonds. The summed E-state index contributed by atoms with van der Waals surface area (Å²) >= 11 is 0. The molecule has 1 aromatic carbocycles. The third kappa shape index (κ3) is 2.53. The minimum absolute atomic E-state index is 0.564. The van der Waals surface area contributed by atoms with Crippen LogP contribution >= 0.6 is 0 Å². The van der Waals surface area contributed by atoms with E-state index in [1.807, 2.05) is 24.3 Å². The van der Waals surface area contributed by atoms with Gasteiger partial charge in [-0.15, -0.1) is 0 Å². The Morgan fingerprint density at radius 3 is 2.89 bits per heavy atom. The molecule has 0 radical (unpaired) electrons. The minimum atomic E-state index is 0.564. The predicted octanol–water partition coefficient (Wildman–Crippen LogP) is 3.68. The van der Waals surface area contributed by atoms with Crippen molar-refractivity contribution in [2.24, 2.45) is 5.92 Å².